The van der Waals surface area contributed by atoms with E-state index >= 15 is 0 Å². The van der Waals surface area contributed by atoms with Gasteiger partial charge in [0.05, 0.1) is 5.01 Å². The van der Waals surface area contributed by atoms with Gasteiger partial charge in [0.15, 0.2) is 5.58 Å². The van der Waals surface area contributed by atoms with Crippen molar-refractivity contribution in [2.24, 2.45) is 5.73 Å². The van der Waals surface area contributed by atoms with Gasteiger partial charge in [-0.25, -0.2) is 9.97 Å². The molecule has 3 rings (SSSR count). The fourth-order valence-corrected chi connectivity index (χ4v) is 2.61. The van der Waals surface area contributed by atoms with Crippen LogP contribution < -0.4 is 5.73 Å². The van der Waals surface area contributed by atoms with Gasteiger partial charge in [-0.15, -0.1) is 11.3 Å². The topological polar surface area (TPSA) is 64.9 Å². The van der Waals surface area contributed by atoms with E-state index in [1.165, 1.54) is 0 Å². The summed E-state index contributed by atoms with van der Waals surface area (Å²) in [5.74, 6) is 0.520. The molecule has 1 aromatic carbocycles. The summed E-state index contributed by atoms with van der Waals surface area (Å²) in [5, 5.41) is 3.56. The highest BCUT2D eigenvalue weighted by Crippen LogP contribution is 2.27. The first-order valence-corrected chi connectivity index (χ1v) is 6.73. The summed E-state index contributed by atoms with van der Waals surface area (Å²) >= 11 is 7.48. The average Bonchev–Trinajstić information content (AvgIpc) is 2.94. The van der Waals surface area contributed by atoms with E-state index in [4.69, 9.17) is 21.8 Å². The van der Waals surface area contributed by atoms with E-state index in [1.54, 1.807) is 29.5 Å². The number of nitrogens with zero attached hydrogens (tertiary/aromatic N) is 2. The molecule has 92 valence electrons. The highest BCUT2D eigenvalue weighted by atomic mass is 35.5. The molecule has 0 aliphatic carbocycles. The SMILES string of the molecule is NCCc1nc(-c2nc3cc(Cl)ccc3o2)cs1. The smallest absolute Gasteiger partial charge is 0.247 e. The third-order valence-electron chi connectivity index (χ3n) is 2.48. The van der Waals surface area contributed by atoms with Crippen molar-refractivity contribution in [2.45, 2.75) is 6.42 Å². The number of fused-ring (bicyclic) bond motifs is 1. The summed E-state index contributed by atoms with van der Waals surface area (Å²) in [6, 6.07) is 5.36. The molecule has 2 aromatic heterocycles. The van der Waals surface area contributed by atoms with Crippen molar-refractivity contribution < 1.29 is 4.42 Å². The minimum Gasteiger partial charge on any atom is -0.435 e. The Morgan fingerprint density at radius 1 is 1.33 bits per heavy atom. The van der Waals surface area contributed by atoms with Crippen LogP contribution in [0.5, 0.6) is 0 Å². The van der Waals surface area contributed by atoms with Crippen LogP contribution in [0.3, 0.4) is 0 Å². The molecule has 0 spiro atoms. The number of rotatable bonds is 3. The maximum atomic E-state index is 5.91. The van der Waals surface area contributed by atoms with Crippen LogP contribution in [0.1, 0.15) is 5.01 Å². The molecular formula is C12H10ClN3OS. The van der Waals surface area contributed by atoms with Crippen molar-refractivity contribution in [3.63, 3.8) is 0 Å². The van der Waals surface area contributed by atoms with Crippen molar-refractivity contribution in [3.8, 4) is 11.6 Å². The molecular weight excluding hydrogens is 270 g/mol. The van der Waals surface area contributed by atoms with Gasteiger partial charge in [-0.1, -0.05) is 11.6 Å². The van der Waals surface area contributed by atoms with Crippen molar-refractivity contribution in [1.82, 2.24) is 9.97 Å². The lowest BCUT2D eigenvalue weighted by Gasteiger charge is -1.88. The van der Waals surface area contributed by atoms with E-state index in [0.29, 0.717) is 23.0 Å². The van der Waals surface area contributed by atoms with Gasteiger partial charge >= 0.3 is 0 Å². The minimum absolute atomic E-state index is 0.520. The molecule has 0 aliphatic rings. The fraction of sp³-hybridized carbons (Fsp3) is 0.167. The van der Waals surface area contributed by atoms with Gasteiger partial charge in [0.2, 0.25) is 5.89 Å². The lowest BCUT2D eigenvalue weighted by atomic mass is 10.3. The molecule has 18 heavy (non-hydrogen) atoms. The van der Waals surface area contributed by atoms with E-state index in [9.17, 15) is 0 Å². The van der Waals surface area contributed by atoms with E-state index in [2.05, 4.69) is 9.97 Å². The highest BCUT2D eigenvalue weighted by molar-refractivity contribution is 7.09. The van der Waals surface area contributed by atoms with Gasteiger partial charge in [0.25, 0.3) is 0 Å². The Morgan fingerprint density at radius 2 is 2.22 bits per heavy atom. The average molecular weight is 280 g/mol. The molecule has 0 saturated heterocycles. The summed E-state index contributed by atoms with van der Waals surface area (Å²) in [4.78, 5) is 8.82. The van der Waals surface area contributed by atoms with Crippen LogP contribution in [0.2, 0.25) is 5.02 Å². The van der Waals surface area contributed by atoms with Gasteiger partial charge in [0, 0.05) is 16.8 Å². The number of benzene rings is 1. The molecule has 0 aliphatic heterocycles. The van der Waals surface area contributed by atoms with Crippen LogP contribution in [0.25, 0.3) is 22.7 Å². The number of hydrogen-bond acceptors (Lipinski definition) is 5. The van der Waals surface area contributed by atoms with Crippen molar-refractivity contribution >= 4 is 34.0 Å². The zero-order valence-corrected chi connectivity index (χ0v) is 11.0. The molecule has 0 radical (unpaired) electrons. The predicted molar refractivity (Wildman–Crippen MR) is 72.9 cm³/mol. The zero-order valence-electron chi connectivity index (χ0n) is 9.39. The highest BCUT2D eigenvalue weighted by Gasteiger charge is 2.11. The van der Waals surface area contributed by atoms with Gasteiger partial charge in [-0.2, -0.15) is 0 Å². The van der Waals surface area contributed by atoms with E-state index in [1.807, 2.05) is 5.38 Å². The minimum atomic E-state index is 0.520. The molecule has 6 heteroatoms. The Labute approximate surface area is 112 Å². The van der Waals surface area contributed by atoms with E-state index < -0.39 is 0 Å². The van der Waals surface area contributed by atoms with Crippen LogP contribution in [0.4, 0.5) is 0 Å². The Hall–Kier alpha value is -1.43. The van der Waals surface area contributed by atoms with E-state index in [0.717, 1.165) is 22.6 Å². The van der Waals surface area contributed by atoms with Crippen LogP contribution in [0.15, 0.2) is 28.0 Å². The summed E-state index contributed by atoms with van der Waals surface area (Å²) < 4.78 is 5.64. The van der Waals surface area contributed by atoms with Crippen molar-refractivity contribution in [3.05, 3.63) is 33.6 Å². The molecule has 0 amide bonds. The monoisotopic (exact) mass is 279 g/mol. The molecule has 0 saturated carbocycles. The third-order valence-corrected chi connectivity index (χ3v) is 3.62. The predicted octanol–water partition coefficient (Wildman–Crippen LogP) is 3.11. The van der Waals surface area contributed by atoms with E-state index in [-0.39, 0.29) is 0 Å². The number of hydrogen-bond donors (Lipinski definition) is 1. The first-order valence-electron chi connectivity index (χ1n) is 5.47. The van der Waals surface area contributed by atoms with Gasteiger partial charge in [0.1, 0.15) is 11.2 Å². The molecule has 2 heterocycles. The number of oxazole rings is 1. The lowest BCUT2D eigenvalue weighted by molar-refractivity contribution is 0.617. The van der Waals surface area contributed by atoms with Gasteiger partial charge in [-0.3, -0.25) is 0 Å². The summed E-state index contributed by atoms with van der Waals surface area (Å²) in [5.41, 5.74) is 7.70. The van der Waals surface area contributed by atoms with Crippen molar-refractivity contribution in [2.75, 3.05) is 6.54 Å². The van der Waals surface area contributed by atoms with Gasteiger partial charge in [-0.05, 0) is 24.7 Å². The largest absolute Gasteiger partial charge is 0.435 e. The third kappa shape index (κ3) is 2.12. The number of aromatic nitrogens is 2. The maximum Gasteiger partial charge on any atom is 0.247 e. The second-order valence-corrected chi connectivity index (χ2v) is 5.18. The second kappa shape index (κ2) is 4.68. The molecule has 0 bridgehead atoms. The maximum absolute atomic E-state index is 5.91. The quantitative estimate of drug-likeness (QED) is 0.800. The van der Waals surface area contributed by atoms with Gasteiger partial charge < -0.3 is 10.2 Å². The first-order chi connectivity index (χ1) is 8.76. The molecule has 0 atom stereocenters. The lowest BCUT2D eigenvalue weighted by Crippen LogP contribution is -2.01. The molecule has 3 aromatic rings. The zero-order chi connectivity index (χ0) is 12.5. The van der Waals surface area contributed by atoms with Crippen LogP contribution in [0, 0.1) is 0 Å². The standard InChI is InChI=1S/C12H10ClN3OS/c13-7-1-2-10-8(5-7)16-12(17-10)9-6-18-11(15-9)3-4-14/h1-2,5-6H,3-4,14H2. The molecule has 0 unspecified atom stereocenters. The molecule has 0 fully saturated rings. The van der Waals surface area contributed by atoms with Crippen LogP contribution >= 0.6 is 22.9 Å². The molecule has 4 nitrogen and oxygen atoms in total. The fourth-order valence-electron chi connectivity index (χ4n) is 1.66. The number of nitrogens with two attached hydrogens (primary N) is 1. The summed E-state index contributed by atoms with van der Waals surface area (Å²) in [7, 11) is 0. The second-order valence-electron chi connectivity index (χ2n) is 3.80. The van der Waals surface area contributed by atoms with Crippen molar-refractivity contribution in [1.29, 1.82) is 0 Å². The normalized spacial score (nSPS) is 11.2. The first kappa shape index (κ1) is 11.6. The van der Waals surface area contributed by atoms with Crippen LogP contribution in [-0.2, 0) is 6.42 Å². The number of thiazole rings is 1. The Bertz CT molecular complexity index is 692. The summed E-state index contributed by atoms with van der Waals surface area (Å²) in [6.45, 7) is 0.593. The summed E-state index contributed by atoms with van der Waals surface area (Å²) in [6.07, 6.45) is 0.775. The Morgan fingerprint density at radius 3 is 3.06 bits per heavy atom. The Kier molecular flexibility index (Phi) is 3.03. The Balaban J connectivity index is 2.02. The molecule has 2 N–H and O–H groups in total. The number of halogens is 1. The van der Waals surface area contributed by atoms with Crippen LogP contribution in [-0.4, -0.2) is 16.5 Å².